The molecule has 0 radical (unpaired) electrons. The fourth-order valence-corrected chi connectivity index (χ4v) is 4.25. The van der Waals surface area contributed by atoms with Gasteiger partial charge in [-0.05, 0) is 90.2 Å². The van der Waals surface area contributed by atoms with Gasteiger partial charge in [-0.15, -0.1) is 10.2 Å². The van der Waals surface area contributed by atoms with Crippen LogP contribution < -0.4 is 10.1 Å². The molecule has 0 saturated carbocycles. The van der Waals surface area contributed by atoms with Crippen molar-refractivity contribution >= 4 is 45.9 Å². The van der Waals surface area contributed by atoms with Crippen LogP contribution in [0.3, 0.4) is 0 Å². The van der Waals surface area contributed by atoms with Crippen molar-refractivity contribution in [3.8, 4) is 5.75 Å². The van der Waals surface area contributed by atoms with E-state index in [1.54, 1.807) is 7.11 Å². The summed E-state index contributed by atoms with van der Waals surface area (Å²) in [6, 6.07) is 12.1. The Hall–Kier alpha value is -2.07. The minimum atomic E-state index is -0.0982. The van der Waals surface area contributed by atoms with E-state index < -0.39 is 0 Å². The average molecular weight is 537 g/mol. The van der Waals surface area contributed by atoms with E-state index in [-0.39, 0.29) is 11.7 Å². The van der Waals surface area contributed by atoms with Gasteiger partial charge in [-0.2, -0.15) is 0 Å². The van der Waals surface area contributed by atoms with Crippen LogP contribution in [0.5, 0.6) is 5.75 Å². The molecule has 0 aliphatic rings. The van der Waals surface area contributed by atoms with Crippen molar-refractivity contribution in [1.82, 2.24) is 10.2 Å². The highest BCUT2D eigenvalue weighted by molar-refractivity contribution is 14.1. The normalized spacial score (nSPS) is 10.8. The maximum absolute atomic E-state index is 12.2. The van der Waals surface area contributed by atoms with E-state index in [4.69, 9.17) is 9.15 Å². The molecule has 0 unspecified atom stereocenters. The second-order valence-electron chi connectivity index (χ2n) is 6.92. The number of hydrogen-bond donors (Lipinski definition) is 1. The molecule has 1 heterocycles. The second kappa shape index (κ2) is 10.8. The first kappa shape index (κ1) is 22.6. The topological polar surface area (TPSA) is 77.2 Å². The molecule has 6 nitrogen and oxygen atoms in total. The third kappa shape index (κ3) is 6.46. The molecule has 0 bridgehead atoms. The fraction of sp³-hybridized carbons (Fsp3) is 0.318. The van der Waals surface area contributed by atoms with Gasteiger partial charge in [-0.3, -0.25) is 4.79 Å². The zero-order chi connectivity index (χ0) is 21.5. The number of aryl methyl sites for hydroxylation is 4. The molecule has 1 amide bonds. The minimum Gasteiger partial charge on any atom is -0.496 e. The molecule has 2 aromatic carbocycles. The highest BCUT2D eigenvalue weighted by atomic mass is 127. The first-order chi connectivity index (χ1) is 14.4. The summed E-state index contributed by atoms with van der Waals surface area (Å²) in [7, 11) is 1.68. The van der Waals surface area contributed by atoms with E-state index in [1.165, 1.54) is 17.3 Å². The van der Waals surface area contributed by atoms with Crippen molar-refractivity contribution < 1.29 is 13.9 Å². The second-order valence-corrected chi connectivity index (χ2v) is 9.09. The van der Waals surface area contributed by atoms with Crippen LogP contribution in [0.1, 0.15) is 29.0 Å². The summed E-state index contributed by atoms with van der Waals surface area (Å²) in [5.41, 5.74) is 4.24. The Labute approximate surface area is 194 Å². The lowest BCUT2D eigenvalue weighted by Gasteiger charge is -2.07. The van der Waals surface area contributed by atoms with Crippen LogP contribution in [0.25, 0.3) is 0 Å². The summed E-state index contributed by atoms with van der Waals surface area (Å²) >= 11 is 3.50. The quantitative estimate of drug-likeness (QED) is 0.299. The predicted octanol–water partition coefficient (Wildman–Crippen LogP) is 5.21. The number of rotatable bonds is 9. The van der Waals surface area contributed by atoms with Gasteiger partial charge >= 0.3 is 0 Å². The summed E-state index contributed by atoms with van der Waals surface area (Å²) in [5.74, 6) is 1.62. The monoisotopic (exact) mass is 537 g/mol. The molecular weight excluding hydrogens is 513 g/mol. The third-order valence-corrected chi connectivity index (χ3v) is 6.04. The number of nitrogens with zero attached hydrogens (tertiary/aromatic N) is 2. The van der Waals surface area contributed by atoms with Gasteiger partial charge in [0.05, 0.1) is 12.9 Å². The van der Waals surface area contributed by atoms with E-state index in [0.29, 0.717) is 17.5 Å². The average Bonchev–Trinajstić information content (AvgIpc) is 3.16. The predicted molar refractivity (Wildman–Crippen MR) is 127 cm³/mol. The van der Waals surface area contributed by atoms with Crippen molar-refractivity contribution in [3.05, 3.63) is 62.5 Å². The molecule has 1 N–H and O–H groups in total. The van der Waals surface area contributed by atoms with Crippen molar-refractivity contribution in [3.63, 3.8) is 0 Å². The summed E-state index contributed by atoms with van der Waals surface area (Å²) in [6.07, 6.45) is 2.53. The van der Waals surface area contributed by atoms with E-state index in [1.807, 2.05) is 38.1 Å². The van der Waals surface area contributed by atoms with Crippen LogP contribution in [0.2, 0.25) is 0 Å². The summed E-state index contributed by atoms with van der Waals surface area (Å²) in [6.45, 7) is 4.02. The van der Waals surface area contributed by atoms with E-state index in [0.717, 1.165) is 39.0 Å². The van der Waals surface area contributed by atoms with Gasteiger partial charge in [0.1, 0.15) is 5.75 Å². The molecule has 0 spiro atoms. The summed E-state index contributed by atoms with van der Waals surface area (Å²) in [4.78, 5) is 12.2. The molecule has 0 atom stereocenters. The Morgan fingerprint density at radius 3 is 2.70 bits per heavy atom. The molecule has 30 heavy (non-hydrogen) atoms. The Morgan fingerprint density at radius 1 is 1.13 bits per heavy atom. The number of anilines is 1. The number of amides is 1. The fourth-order valence-electron chi connectivity index (χ4n) is 3.02. The van der Waals surface area contributed by atoms with E-state index in [2.05, 4.69) is 50.2 Å². The number of methoxy groups -OCH3 is 1. The minimum absolute atomic E-state index is 0.0982. The van der Waals surface area contributed by atoms with Crippen LogP contribution >= 0.6 is 34.4 Å². The van der Waals surface area contributed by atoms with Crippen LogP contribution in [-0.4, -0.2) is 29.0 Å². The lowest BCUT2D eigenvalue weighted by atomic mass is 10.1. The van der Waals surface area contributed by atoms with Gasteiger partial charge in [-0.25, -0.2) is 0 Å². The zero-order valence-electron chi connectivity index (χ0n) is 17.2. The Kier molecular flexibility index (Phi) is 8.15. The molecule has 158 valence electrons. The Balaban J connectivity index is 1.43. The number of aromatic nitrogens is 2. The van der Waals surface area contributed by atoms with Gasteiger partial charge in [0.25, 0.3) is 5.22 Å². The summed E-state index contributed by atoms with van der Waals surface area (Å²) in [5, 5.41) is 11.5. The number of hydrogen-bond acceptors (Lipinski definition) is 6. The van der Waals surface area contributed by atoms with Crippen LogP contribution in [0, 0.1) is 17.4 Å². The third-order valence-electron chi connectivity index (χ3n) is 4.55. The molecule has 0 saturated heterocycles. The number of ether oxygens (including phenoxy) is 1. The molecule has 3 aromatic rings. The van der Waals surface area contributed by atoms with Crippen LogP contribution in [0.4, 0.5) is 5.69 Å². The number of thioether (sulfide) groups is 1. The number of carbonyl (C=O) groups is 1. The SMILES string of the molecule is COc1ccc(CCCc2nnc(SCC(=O)Nc3ccc(I)cc3C)o2)cc1C. The number of carbonyl (C=O) groups excluding carboxylic acids is 1. The Bertz CT molecular complexity index is 1020. The van der Waals surface area contributed by atoms with E-state index >= 15 is 0 Å². The number of halogens is 1. The van der Waals surface area contributed by atoms with Crippen molar-refractivity contribution in [2.24, 2.45) is 0 Å². The van der Waals surface area contributed by atoms with Crippen LogP contribution in [0.15, 0.2) is 46.0 Å². The molecule has 0 aliphatic heterocycles. The molecular formula is C22H24IN3O3S. The summed E-state index contributed by atoms with van der Waals surface area (Å²) < 4.78 is 12.1. The Morgan fingerprint density at radius 2 is 1.97 bits per heavy atom. The highest BCUT2D eigenvalue weighted by Crippen LogP contribution is 2.22. The number of benzene rings is 2. The molecule has 0 fully saturated rings. The van der Waals surface area contributed by atoms with Gasteiger partial charge in [0.15, 0.2) is 0 Å². The largest absolute Gasteiger partial charge is 0.496 e. The maximum atomic E-state index is 12.2. The van der Waals surface area contributed by atoms with E-state index in [9.17, 15) is 4.79 Å². The van der Waals surface area contributed by atoms with Gasteiger partial charge in [0.2, 0.25) is 11.8 Å². The van der Waals surface area contributed by atoms with Gasteiger partial charge in [0, 0.05) is 15.7 Å². The standard InChI is InChI=1S/C22H24IN3O3S/c1-14-12-17(23)8-9-18(14)24-20(27)13-30-22-26-25-21(29-22)6-4-5-16-7-10-19(28-3)15(2)11-16/h7-12H,4-6,13H2,1-3H3,(H,24,27). The van der Waals surface area contributed by atoms with Gasteiger partial charge in [-0.1, -0.05) is 23.9 Å². The number of nitrogens with one attached hydrogen (secondary N) is 1. The van der Waals surface area contributed by atoms with Crippen molar-refractivity contribution in [2.75, 3.05) is 18.2 Å². The molecule has 1 aromatic heterocycles. The van der Waals surface area contributed by atoms with Crippen LogP contribution in [-0.2, 0) is 17.6 Å². The van der Waals surface area contributed by atoms with Crippen molar-refractivity contribution in [2.45, 2.75) is 38.3 Å². The highest BCUT2D eigenvalue weighted by Gasteiger charge is 2.11. The zero-order valence-corrected chi connectivity index (χ0v) is 20.2. The molecule has 0 aliphatic carbocycles. The molecule has 3 rings (SSSR count). The first-order valence-electron chi connectivity index (χ1n) is 9.59. The van der Waals surface area contributed by atoms with Gasteiger partial charge < -0.3 is 14.5 Å². The first-order valence-corrected chi connectivity index (χ1v) is 11.7. The smallest absolute Gasteiger partial charge is 0.277 e. The lowest BCUT2D eigenvalue weighted by Crippen LogP contribution is -2.14. The lowest BCUT2D eigenvalue weighted by molar-refractivity contribution is -0.113. The van der Waals surface area contributed by atoms with Crippen molar-refractivity contribution in [1.29, 1.82) is 0 Å². The molecule has 8 heteroatoms. The maximum Gasteiger partial charge on any atom is 0.277 e.